The maximum atomic E-state index is 12.9. The topological polar surface area (TPSA) is 78.9 Å². The highest BCUT2D eigenvalue weighted by atomic mass is 16.6. The molecule has 450 valence electrons. The fraction of sp³-hybridized carbons (Fsp3) is 0.685. The van der Waals surface area contributed by atoms with Gasteiger partial charge < -0.3 is 14.2 Å². The van der Waals surface area contributed by atoms with E-state index in [-0.39, 0.29) is 37.5 Å². The molecule has 6 heteroatoms. The second-order valence-electron chi connectivity index (χ2n) is 21.6. The zero-order valence-corrected chi connectivity index (χ0v) is 51.6. The first-order valence-corrected chi connectivity index (χ1v) is 33.0. The number of ether oxygens (including phenoxy) is 3. The molecule has 1 atom stereocenters. The monoisotopic (exact) mass is 1090 g/mol. The molecule has 0 radical (unpaired) electrons. The molecule has 0 aliphatic rings. The van der Waals surface area contributed by atoms with Crippen LogP contribution in [0.1, 0.15) is 303 Å². The van der Waals surface area contributed by atoms with Crippen LogP contribution in [0, 0.1) is 0 Å². The summed E-state index contributed by atoms with van der Waals surface area (Å²) < 4.78 is 16.8. The second kappa shape index (κ2) is 66.3. The van der Waals surface area contributed by atoms with E-state index in [2.05, 4.69) is 136 Å². The normalized spacial score (nSPS) is 12.9. The molecule has 1 unspecified atom stereocenters. The lowest BCUT2D eigenvalue weighted by atomic mass is 10.0. The van der Waals surface area contributed by atoms with Gasteiger partial charge in [-0.05, 0) is 122 Å². The Labute approximate surface area is 488 Å². The van der Waals surface area contributed by atoms with Crippen molar-refractivity contribution in [2.24, 2.45) is 0 Å². The first kappa shape index (κ1) is 74.8. The highest BCUT2D eigenvalue weighted by Crippen LogP contribution is 2.15. The van der Waals surface area contributed by atoms with Crippen LogP contribution < -0.4 is 0 Å². The van der Waals surface area contributed by atoms with Gasteiger partial charge in [0.2, 0.25) is 0 Å². The van der Waals surface area contributed by atoms with E-state index in [0.717, 1.165) is 103 Å². The van der Waals surface area contributed by atoms with Crippen LogP contribution in [0.4, 0.5) is 0 Å². The molecule has 0 saturated carbocycles. The first-order chi connectivity index (χ1) is 39.0. The number of carbonyl (C=O) groups is 3. The van der Waals surface area contributed by atoms with Gasteiger partial charge in [0.05, 0.1) is 0 Å². The third-order valence-corrected chi connectivity index (χ3v) is 13.9. The van der Waals surface area contributed by atoms with Crippen molar-refractivity contribution in [1.29, 1.82) is 0 Å². The number of unbranched alkanes of at least 4 members (excludes halogenated alkanes) is 28. The van der Waals surface area contributed by atoms with Crippen LogP contribution in [0.15, 0.2) is 122 Å². The van der Waals surface area contributed by atoms with Gasteiger partial charge >= 0.3 is 17.9 Å². The Morgan fingerprint density at radius 1 is 0.266 bits per heavy atom. The molecule has 0 fully saturated rings. The quantitative estimate of drug-likeness (QED) is 0.0261. The molecule has 0 N–H and O–H groups in total. The van der Waals surface area contributed by atoms with Gasteiger partial charge in [0.25, 0.3) is 0 Å². The minimum Gasteiger partial charge on any atom is -0.462 e. The molecule has 0 aromatic carbocycles. The standard InChI is InChI=1S/C73H122O6/c1-4-7-10-13-16-19-22-25-27-29-31-33-34-35-36-37-38-40-41-43-45-48-51-54-57-60-63-66-72(75)78-69-70(68-77-71(74)65-62-59-56-53-50-47-24-21-18-15-12-9-6-3)79-73(76)67-64-61-58-55-52-49-46-44-42-39-32-30-28-26-23-20-17-14-11-8-5-2/h9,12,18,21-23,25-26,29-32,34-35,42,44,47,50,56,59,70H,4-8,10-11,13-17,19-20,24,27-28,33,36-41,43,45-46,48-49,51-55,57-58,60-69H2,1-3H3/b12-9-,21-18-,25-22-,26-23-,31-29-,32-30-,35-34-,44-42-,50-47-,59-56-. The van der Waals surface area contributed by atoms with Gasteiger partial charge in [-0.2, -0.15) is 0 Å². The molecule has 0 rings (SSSR count). The van der Waals surface area contributed by atoms with Crippen molar-refractivity contribution in [2.45, 2.75) is 309 Å². The van der Waals surface area contributed by atoms with E-state index in [0.29, 0.717) is 19.3 Å². The predicted molar refractivity (Wildman–Crippen MR) is 343 cm³/mol. The highest BCUT2D eigenvalue weighted by molar-refractivity contribution is 5.71. The Bertz CT molecular complexity index is 1640. The Hall–Kier alpha value is -4.19. The Kier molecular flexibility index (Phi) is 62.8. The van der Waals surface area contributed by atoms with Crippen LogP contribution in [0.25, 0.3) is 0 Å². The Morgan fingerprint density at radius 3 is 0.848 bits per heavy atom. The fourth-order valence-electron chi connectivity index (χ4n) is 9.00. The highest BCUT2D eigenvalue weighted by Gasteiger charge is 2.19. The lowest BCUT2D eigenvalue weighted by molar-refractivity contribution is -0.166. The number of hydrogen-bond acceptors (Lipinski definition) is 6. The molecule has 0 aliphatic carbocycles. The van der Waals surface area contributed by atoms with Gasteiger partial charge in [0, 0.05) is 19.3 Å². The summed E-state index contributed by atoms with van der Waals surface area (Å²) in [7, 11) is 0. The summed E-state index contributed by atoms with van der Waals surface area (Å²) in [6.45, 7) is 6.44. The van der Waals surface area contributed by atoms with E-state index in [1.165, 1.54) is 154 Å². The van der Waals surface area contributed by atoms with Gasteiger partial charge in [-0.15, -0.1) is 0 Å². The van der Waals surface area contributed by atoms with Gasteiger partial charge in [-0.3, -0.25) is 14.4 Å². The summed E-state index contributed by atoms with van der Waals surface area (Å²) in [4.78, 5) is 38.3. The Morgan fingerprint density at radius 2 is 0.519 bits per heavy atom. The van der Waals surface area contributed by atoms with Gasteiger partial charge in [-0.25, -0.2) is 0 Å². The molecule has 0 spiro atoms. The van der Waals surface area contributed by atoms with Crippen molar-refractivity contribution in [1.82, 2.24) is 0 Å². The van der Waals surface area contributed by atoms with Crippen molar-refractivity contribution >= 4 is 17.9 Å². The largest absolute Gasteiger partial charge is 0.462 e. The molecule has 0 saturated heterocycles. The van der Waals surface area contributed by atoms with Crippen LogP contribution in [0.5, 0.6) is 0 Å². The molecule has 0 bridgehead atoms. The van der Waals surface area contributed by atoms with Gasteiger partial charge in [-0.1, -0.05) is 284 Å². The number of esters is 3. The van der Waals surface area contributed by atoms with Crippen LogP contribution in [-0.2, 0) is 28.6 Å². The summed E-state index contributed by atoms with van der Waals surface area (Å²) in [5.41, 5.74) is 0. The van der Waals surface area contributed by atoms with E-state index in [9.17, 15) is 14.4 Å². The van der Waals surface area contributed by atoms with Crippen molar-refractivity contribution in [3.8, 4) is 0 Å². The summed E-state index contributed by atoms with van der Waals surface area (Å²) in [5, 5.41) is 0. The summed E-state index contributed by atoms with van der Waals surface area (Å²) in [6.07, 6.45) is 92.3. The van der Waals surface area contributed by atoms with Crippen LogP contribution >= 0.6 is 0 Å². The third kappa shape index (κ3) is 64.5. The van der Waals surface area contributed by atoms with Crippen LogP contribution in [0.2, 0.25) is 0 Å². The van der Waals surface area contributed by atoms with Crippen molar-refractivity contribution in [2.75, 3.05) is 13.2 Å². The summed E-state index contributed by atoms with van der Waals surface area (Å²) >= 11 is 0. The van der Waals surface area contributed by atoms with Crippen LogP contribution in [0.3, 0.4) is 0 Å². The van der Waals surface area contributed by atoms with E-state index in [1.54, 1.807) is 0 Å². The minimum absolute atomic E-state index is 0.108. The zero-order chi connectivity index (χ0) is 57.1. The minimum atomic E-state index is -0.819. The van der Waals surface area contributed by atoms with Crippen molar-refractivity contribution in [3.05, 3.63) is 122 Å². The summed E-state index contributed by atoms with van der Waals surface area (Å²) in [5.74, 6) is -1.00. The van der Waals surface area contributed by atoms with Crippen LogP contribution in [-0.4, -0.2) is 37.2 Å². The number of carbonyl (C=O) groups excluding carboxylic acids is 3. The number of rotatable bonds is 59. The lowest BCUT2D eigenvalue weighted by Gasteiger charge is -2.18. The van der Waals surface area contributed by atoms with E-state index >= 15 is 0 Å². The fourth-order valence-corrected chi connectivity index (χ4v) is 9.00. The van der Waals surface area contributed by atoms with Gasteiger partial charge in [0.15, 0.2) is 6.10 Å². The molecule has 0 amide bonds. The molecular weight excluding hydrogens is 973 g/mol. The number of hydrogen-bond donors (Lipinski definition) is 0. The molecule has 0 heterocycles. The molecule has 79 heavy (non-hydrogen) atoms. The van der Waals surface area contributed by atoms with Gasteiger partial charge in [0.1, 0.15) is 13.2 Å². The lowest BCUT2D eigenvalue weighted by Crippen LogP contribution is -2.30. The molecule has 0 aromatic rings. The van der Waals surface area contributed by atoms with E-state index < -0.39 is 6.10 Å². The first-order valence-electron chi connectivity index (χ1n) is 33.0. The average Bonchev–Trinajstić information content (AvgIpc) is 3.45. The SMILES string of the molecule is CC/C=C\C/C=C\C/C=C\C/C=C\CCC(=O)OCC(COC(=O)CCCCCCCCCCCCCC/C=C\C/C=C\C/C=C\CCCCCCC)OC(=O)CCCCCCCC/C=C\C/C=C\C/C=C\CCCCCCC. The molecule has 0 aromatic heterocycles. The summed E-state index contributed by atoms with van der Waals surface area (Å²) in [6, 6.07) is 0. The Balaban J connectivity index is 4.37. The van der Waals surface area contributed by atoms with Crippen molar-refractivity contribution < 1.29 is 28.6 Å². The van der Waals surface area contributed by atoms with Crippen molar-refractivity contribution in [3.63, 3.8) is 0 Å². The van der Waals surface area contributed by atoms with E-state index in [1.807, 2.05) is 6.08 Å². The smallest absolute Gasteiger partial charge is 0.306 e. The average molecular weight is 1100 g/mol. The molecule has 6 nitrogen and oxygen atoms in total. The third-order valence-electron chi connectivity index (χ3n) is 13.9. The molecule has 0 aliphatic heterocycles. The van der Waals surface area contributed by atoms with E-state index in [4.69, 9.17) is 14.2 Å². The maximum absolute atomic E-state index is 12.9. The molecular formula is C73H122O6. The zero-order valence-electron chi connectivity index (χ0n) is 51.6. The second-order valence-corrected chi connectivity index (χ2v) is 21.6. The predicted octanol–water partition coefficient (Wildman–Crippen LogP) is 22.8. The maximum Gasteiger partial charge on any atom is 0.306 e. The number of allylic oxidation sites excluding steroid dienone is 20.